The van der Waals surface area contributed by atoms with E-state index in [1.807, 2.05) is 0 Å². The van der Waals surface area contributed by atoms with Crippen LogP contribution in [0.3, 0.4) is 0 Å². The second-order valence-corrected chi connectivity index (χ2v) is 8.30. The van der Waals surface area contributed by atoms with Crippen molar-refractivity contribution in [2.75, 3.05) is 27.2 Å². The number of aromatic nitrogens is 1. The normalized spacial score (nSPS) is 15.6. The van der Waals surface area contributed by atoms with Crippen molar-refractivity contribution in [3.05, 3.63) is 29.0 Å². The van der Waals surface area contributed by atoms with Crippen LogP contribution in [0.15, 0.2) is 16.7 Å². The van der Waals surface area contributed by atoms with Gasteiger partial charge in [0, 0.05) is 30.6 Å². The van der Waals surface area contributed by atoms with Crippen molar-refractivity contribution in [2.45, 2.75) is 58.4 Å². The van der Waals surface area contributed by atoms with Gasteiger partial charge in [-0.05, 0) is 70.2 Å². The number of carbonyl (C=O) groups is 1. The number of aryl methyl sites for hydroxylation is 2. The quantitative estimate of drug-likeness (QED) is 0.719. The van der Waals surface area contributed by atoms with Crippen molar-refractivity contribution in [1.82, 2.24) is 15.0 Å². The van der Waals surface area contributed by atoms with Gasteiger partial charge in [0.1, 0.15) is 0 Å². The number of piperidine rings is 1. The van der Waals surface area contributed by atoms with Gasteiger partial charge in [-0.3, -0.25) is 0 Å². The number of rotatable bonds is 8. The minimum Gasteiger partial charge on any atom is -0.465 e. The standard InChI is InChI=1S/C22H33N3O3/c1-4-5-6-17-8-9-18-20(23-28-21(18)19(17)15-24(2)3)10-7-16-11-13-25(14-12-16)22(26)27/h8-9,16H,4-7,10-15H2,1-3H3,(H,26,27). The zero-order valence-corrected chi connectivity index (χ0v) is 17.4. The SMILES string of the molecule is CCCCc1ccc2c(CCC3CCN(C(=O)O)CC3)noc2c1CN(C)C. The zero-order valence-electron chi connectivity index (χ0n) is 17.4. The molecule has 1 aromatic heterocycles. The molecule has 1 aromatic carbocycles. The number of fused-ring (bicyclic) bond motifs is 1. The van der Waals surface area contributed by atoms with Gasteiger partial charge in [0.25, 0.3) is 0 Å². The Balaban J connectivity index is 1.71. The van der Waals surface area contributed by atoms with E-state index in [9.17, 15) is 4.79 Å². The monoisotopic (exact) mass is 387 g/mol. The molecule has 0 radical (unpaired) electrons. The van der Waals surface area contributed by atoms with E-state index in [-0.39, 0.29) is 0 Å². The fourth-order valence-electron chi connectivity index (χ4n) is 4.18. The summed E-state index contributed by atoms with van der Waals surface area (Å²) in [4.78, 5) is 14.8. The molecular weight excluding hydrogens is 354 g/mol. The average molecular weight is 388 g/mol. The molecule has 1 N–H and O–H groups in total. The lowest BCUT2D eigenvalue weighted by Crippen LogP contribution is -2.37. The summed E-state index contributed by atoms with van der Waals surface area (Å²) in [7, 11) is 4.17. The fraction of sp³-hybridized carbons (Fsp3) is 0.636. The molecule has 0 spiro atoms. The molecule has 154 valence electrons. The molecule has 0 bridgehead atoms. The molecule has 2 heterocycles. The van der Waals surface area contributed by atoms with E-state index < -0.39 is 6.09 Å². The number of hydrogen-bond donors (Lipinski definition) is 1. The second kappa shape index (κ2) is 9.41. The van der Waals surface area contributed by atoms with Crippen LogP contribution in [0.2, 0.25) is 0 Å². The largest absolute Gasteiger partial charge is 0.465 e. The lowest BCUT2D eigenvalue weighted by molar-refractivity contribution is 0.123. The molecule has 6 heteroatoms. The molecule has 1 amide bonds. The summed E-state index contributed by atoms with van der Waals surface area (Å²) >= 11 is 0. The van der Waals surface area contributed by atoms with Gasteiger partial charge < -0.3 is 19.4 Å². The number of hydrogen-bond acceptors (Lipinski definition) is 4. The Hall–Kier alpha value is -2.08. The minimum absolute atomic E-state index is 0.562. The lowest BCUT2D eigenvalue weighted by Gasteiger charge is -2.29. The molecule has 2 aromatic rings. The summed E-state index contributed by atoms with van der Waals surface area (Å²) in [6.45, 7) is 4.37. The molecule has 0 aliphatic carbocycles. The maximum Gasteiger partial charge on any atom is 0.407 e. The van der Waals surface area contributed by atoms with E-state index in [1.54, 1.807) is 0 Å². The predicted octanol–water partition coefficient (Wildman–Crippen LogP) is 4.55. The maximum atomic E-state index is 11.1. The topological polar surface area (TPSA) is 69.8 Å². The molecule has 1 aliphatic rings. The smallest absolute Gasteiger partial charge is 0.407 e. The van der Waals surface area contributed by atoms with E-state index in [0.29, 0.717) is 19.0 Å². The van der Waals surface area contributed by atoms with E-state index in [4.69, 9.17) is 9.63 Å². The molecule has 1 saturated heterocycles. The molecular formula is C22H33N3O3. The first-order valence-corrected chi connectivity index (χ1v) is 10.5. The molecule has 1 aliphatic heterocycles. The summed E-state index contributed by atoms with van der Waals surface area (Å²) in [5, 5.41) is 14.6. The Morgan fingerprint density at radius 1 is 1.29 bits per heavy atom. The Kier molecular flexibility index (Phi) is 6.94. The first kappa shape index (κ1) is 20.6. The third kappa shape index (κ3) is 4.85. The molecule has 6 nitrogen and oxygen atoms in total. The van der Waals surface area contributed by atoms with Gasteiger partial charge in [-0.25, -0.2) is 4.79 Å². The number of amides is 1. The molecule has 1 fully saturated rings. The third-order valence-corrected chi connectivity index (χ3v) is 5.86. The van der Waals surface area contributed by atoms with Crippen LogP contribution in [0.25, 0.3) is 11.0 Å². The van der Waals surface area contributed by atoms with Crippen LogP contribution < -0.4 is 0 Å². The first-order chi connectivity index (χ1) is 13.5. The van der Waals surface area contributed by atoms with Crippen LogP contribution in [0, 0.1) is 5.92 Å². The van der Waals surface area contributed by atoms with E-state index in [0.717, 1.165) is 55.3 Å². The Morgan fingerprint density at radius 3 is 2.68 bits per heavy atom. The Morgan fingerprint density at radius 2 is 2.04 bits per heavy atom. The highest BCUT2D eigenvalue weighted by atomic mass is 16.5. The van der Waals surface area contributed by atoms with E-state index >= 15 is 0 Å². The number of benzene rings is 1. The second-order valence-electron chi connectivity index (χ2n) is 8.30. The molecule has 0 atom stereocenters. The lowest BCUT2D eigenvalue weighted by atomic mass is 9.91. The number of carboxylic acid groups (broad SMARTS) is 1. The average Bonchev–Trinajstić information content (AvgIpc) is 3.09. The van der Waals surface area contributed by atoms with E-state index in [2.05, 4.69) is 43.2 Å². The van der Waals surface area contributed by atoms with Crippen molar-refractivity contribution >= 4 is 17.1 Å². The summed E-state index contributed by atoms with van der Waals surface area (Å²) in [5.74, 6) is 0.562. The minimum atomic E-state index is -0.798. The predicted molar refractivity (Wildman–Crippen MR) is 111 cm³/mol. The molecule has 0 unspecified atom stereocenters. The van der Waals surface area contributed by atoms with Gasteiger partial charge in [-0.1, -0.05) is 24.6 Å². The summed E-state index contributed by atoms with van der Waals surface area (Å²) in [5.41, 5.74) is 4.62. The summed E-state index contributed by atoms with van der Waals surface area (Å²) < 4.78 is 5.83. The highest BCUT2D eigenvalue weighted by Crippen LogP contribution is 2.30. The third-order valence-electron chi connectivity index (χ3n) is 5.86. The van der Waals surface area contributed by atoms with Gasteiger partial charge in [0.05, 0.1) is 5.69 Å². The highest BCUT2D eigenvalue weighted by Gasteiger charge is 2.23. The Bertz CT molecular complexity index is 792. The van der Waals surface area contributed by atoms with Gasteiger partial charge in [0.15, 0.2) is 5.58 Å². The van der Waals surface area contributed by atoms with Gasteiger partial charge >= 0.3 is 6.09 Å². The fourth-order valence-corrected chi connectivity index (χ4v) is 4.18. The number of likely N-dealkylation sites (tertiary alicyclic amines) is 1. The van der Waals surface area contributed by atoms with E-state index in [1.165, 1.54) is 28.9 Å². The summed E-state index contributed by atoms with van der Waals surface area (Å²) in [6, 6.07) is 4.43. The molecule has 0 saturated carbocycles. The molecule has 28 heavy (non-hydrogen) atoms. The van der Waals surface area contributed by atoms with Crippen LogP contribution in [0.4, 0.5) is 4.79 Å². The van der Waals surface area contributed by atoms with Gasteiger partial charge in [-0.2, -0.15) is 0 Å². The van der Waals surface area contributed by atoms with Gasteiger partial charge in [-0.15, -0.1) is 0 Å². The van der Waals surface area contributed by atoms with Crippen molar-refractivity contribution < 1.29 is 14.4 Å². The van der Waals surface area contributed by atoms with Crippen LogP contribution in [-0.2, 0) is 19.4 Å². The number of nitrogens with zero attached hydrogens (tertiary/aromatic N) is 3. The van der Waals surface area contributed by atoms with Crippen molar-refractivity contribution in [2.24, 2.45) is 5.92 Å². The Labute approximate surface area is 167 Å². The van der Waals surface area contributed by atoms with Crippen molar-refractivity contribution in [1.29, 1.82) is 0 Å². The number of unbranched alkanes of at least 4 members (excludes halogenated alkanes) is 1. The van der Waals surface area contributed by atoms with Crippen LogP contribution in [0.5, 0.6) is 0 Å². The van der Waals surface area contributed by atoms with Crippen LogP contribution >= 0.6 is 0 Å². The van der Waals surface area contributed by atoms with Gasteiger partial charge in [0.2, 0.25) is 0 Å². The maximum absolute atomic E-state index is 11.1. The van der Waals surface area contributed by atoms with Crippen LogP contribution in [0.1, 0.15) is 55.8 Å². The van der Waals surface area contributed by atoms with Crippen molar-refractivity contribution in [3.63, 3.8) is 0 Å². The summed E-state index contributed by atoms with van der Waals surface area (Å²) in [6.07, 6.45) is 6.45. The molecule has 3 rings (SSSR count). The van der Waals surface area contributed by atoms with Crippen molar-refractivity contribution in [3.8, 4) is 0 Å². The van der Waals surface area contributed by atoms with Crippen LogP contribution in [-0.4, -0.2) is 53.3 Å². The first-order valence-electron chi connectivity index (χ1n) is 10.5. The zero-order chi connectivity index (χ0) is 20.1. The highest BCUT2D eigenvalue weighted by molar-refractivity contribution is 5.83.